The van der Waals surface area contributed by atoms with Crippen molar-refractivity contribution in [2.24, 2.45) is 0 Å². The Labute approximate surface area is 141 Å². The molecule has 1 fully saturated rings. The zero-order valence-electron chi connectivity index (χ0n) is 12.3. The Morgan fingerprint density at radius 1 is 1.26 bits per heavy atom. The third kappa shape index (κ3) is 2.43. The molecule has 23 heavy (non-hydrogen) atoms. The lowest BCUT2D eigenvalue weighted by Crippen LogP contribution is -2.27. The molecule has 0 radical (unpaired) electrons. The van der Waals surface area contributed by atoms with Crippen molar-refractivity contribution in [3.05, 3.63) is 63.4 Å². The largest absolute Gasteiger partial charge is 0.478 e. The van der Waals surface area contributed by atoms with Gasteiger partial charge >= 0.3 is 5.97 Å². The Bertz CT molecular complexity index is 817. The summed E-state index contributed by atoms with van der Waals surface area (Å²) < 4.78 is 15.1. The van der Waals surface area contributed by atoms with Crippen molar-refractivity contribution < 1.29 is 14.3 Å². The number of carboxylic acid groups (broad SMARTS) is 1. The number of aromatic carboxylic acids is 1. The van der Waals surface area contributed by atoms with Gasteiger partial charge < -0.3 is 10.4 Å². The first kappa shape index (κ1) is 14.7. The van der Waals surface area contributed by atoms with E-state index in [1.54, 1.807) is 24.3 Å². The smallest absolute Gasteiger partial charge is 0.335 e. The van der Waals surface area contributed by atoms with Gasteiger partial charge in [0.1, 0.15) is 5.82 Å². The van der Waals surface area contributed by atoms with Crippen LogP contribution in [0.1, 0.15) is 46.8 Å². The van der Waals surface area contributed by atoms with Gasteiger partial charge in [0.2, 0.25) is 0 Å². The third-order valence-corrected chi connectivity index (χ3v) is 5.44. The molecular formula is C18H15BrFNO2. The van der Waals surface area contributed by atoms with E-state index in [1.165, 1.54) is 6.07 Å². The Morgan fingerprint density at radius 3 is 2.74 bits per heavy atom. The van der Waals surface area contributed by atoms with E-state index >= 15 is 0 Å². The maximum Gasteiger partial charge on any atom is 0.335 e. The molecule has 0 saturated heterocycles. The van der Waals surface area contributed by atoms with Crippen LogP contribution in [0.25, 0.3) is 0 Å². The molecule has 0 amide bonds. The molecule has 1 aliphatic heterocycles. The lowest BCUT2D eigenvalue weighted by molar-refractivity contribution is 0.0696. The zero-order valence-corrected chi connectivity index (χ0v) is 13.9. The molecule has 1 saturated carbocycles. The number of hydrogen-bond donors (Lipinski definition) is 2. The first-order chi connectivity index (χ1) is 11.0. The van der Waals surface area contributed by atoms with Crippen LogP contribution >= 0.6 is 15.9 Å². The second-order valence-corrected chi connectivity index (χ2v) is 7.33. The lowest BCUT2D eigenvalue weighted by atomic mass is 9.81. The van der Waals surface area contributed by atoms with Crippen molar-refractivity contribution in [2.45, 2.75) is 30.7 Å². The summed E-state index contributed by atoms with van der Waals surface area (Å²) in [4.78, 5) is 11.2. The van der Waals surface area contributed by atoms with Gasteiger partial charge in [-0.05, 0) is 66.6 Å². The third-order valence-electron chi connectivity index (χ3n) is 4.95. The minimum Gasteiger partial charge on any atom is -0.478 e. The summed E-state index contributed by atoms with van der Waals surface area (Å²) in [6, 6.07) is 10.1. The molecule has 5 heteroatoms. The Kier molecular flexibility index (Phi) is 3.23. The van der Waals surface area contributed by atoms with Crippen molar-refractivity contribution in [1.29, 1.82) is 0 Å². The summed E-state index contributed by atoms with van der Waals surface area (Å²) in [6.07, 6.45) is 2.84. The van der Waals surface area contributed by atoms with Crippen LogP contribution in [0, 0.1) is 5.82 Å². The molecular weight excluding hydrogens is 361 g/mol. The number of hydrogen-bond acceptors (Lipinski definition) is 2. The van der Waals surface area contributed by atoms with Crippen LogP contribution < -0.4 is 5.32 Å². The van der Waals surface area contributed by atoms with Crippen molar-refractivity contribution in [2.75, 3.05) is 5.32 Å². The fourth-order valence-electron chi connectivity index (χ4n) is 3.58. The van der Waals surface area contributed by atoms with Crippen LogP contribution in [-0.4, -0.2) is 11.1 Å². The molecule has 2 aliphatic rings. The van der Waals surface area contributed by atoms with E-state index < -0.39 is 5.97 Å². The van der Waals surface area contributed by atoms with E-state index in [-0.39, 0.29) is 17.3 Å². The molecule has 4 rings (SSSR count). The maximum atomic E-state index is 14.2. The van der Waals surface area contributed by atoms with Crippen LogP contribution in [0.3, 0.4) is 0 Å². The molecule has 0 aromatic heterocycles. The molecule has 1 spiro atoms. The number of nitrogens with one attached hydrogen (secondary N) is 1. The first-order valence-corrected chi connectivity index (χ1v) is 8.37. The number of rotatable bonds is 2. The molecule has 1 atom stereocenters. The van der Waals surface area contributed by atoms with Crippen molar-refractivity contribution in [3.8, 4) is 0 Å². The van der Waals surface area contributed by atoms with Crippen LogP contribution in [0.5, 0.6) is 0 Å². The Morgan fingerprint density at radius 2 is 2.04 bits per heavy atom. The monoisotopic (exact) mass is 375 g/mol. The van der Waals surface area contributed by atoms with Gasteiger partial charge in [-0.1, -0.05) is 15.9 Å². The lowest BCUT2D eigenvalue weighted by Gasteiger charge is -2.34. The number of benzene rings is 2. The van der Waals surface area contributed by atoms with Crippen LogP contribution in [0.15, 0.2) is 40.9 Å². The number of fused-ring (bicyclic) bond motifs is 2. The quantitative estimate of drug-likeness (QED) is 0.786. The molecule has 2 aromatic rings. The summed E-state index contributed by atoms with van der Waals surface area (Å²) in [7, 11) is 0. The van der Waals surface area contributed by atoms with Gasteiger partial charge in [-0.25, -0.2) is 9.18 Å². The van der Waals surface area contributed by atoms with E-state index in [0.717, 1.165) is 35.0 Å². The normalized spacial score (nSPS) is 20.7. The highest BCUT2D eigenvalue weighted by Crippen LogP contribution is 2.59. The highest BCUT2D eigenvalue weighted by Gasteiger charge is 2.50. The predicted molar refractivity (Wildman–Crippen MR) is 89.4 cm³/mol. The van der Waals surface area contributed by atoms with E-state index in [9.17, 15) is 14.3 Å². The Balaban J connectivity index is 1.76. The Hall–Kier alpha value is -1.88. The second-order valence-electron chi connectivity index (χ2n) is 6.41. The number of carbonyl (C=O) groups is 1. The summed E-state index contributed by atoms with van der Waals surface area (Å²) in [5, 5.41) is 12.6. The first-order valence-electron chi connectivity index (χ1n) is 7.58. The molecule has 118 valence electrons. The summed E-state index contributed by atoms with van der Waals surface area (Å²) in [6.45, 7) is 0. The van der Waals surface area contributed by atoms with Gasteiger partial charge in [0, 0.05) is 15.7 Å². The maximum absolute atomic E-state index is 14.2. The van der Waals surface area contributed by atoms with Crippen molar-refractivity contribution in [1.82, 2.24) is 0 Å². The highest BCUT2D eigenvalue weighted by atomic mass is 79.9. The molecule has 1 unspecified atom stereocenters. The van der Waals surface area contributed by atoms with Crippen LogP contribution in [-0.2, 0) is 5.41 Å². The standard InChI is InChI=1S/C18H15BrFNO2/c19-11-2-3-14(20)12(8-11)16-9-18(5-6-18)13-7-10(17(22)23)1-4-15(13)21-16/h1-4,7-8,16,21H,5-6,9H2,(H,22,23). The van der Waals surface area contributed by atoms with E-state index in [4.69, 9.17) is 0 Å². The summed E-state index contributed by atoms with van der Waals surface area (Å²) >= 11 is 3.40. The molecule has 1 heterocycles. The fraction of sp³-hybridized carbons (Fsp3) is 0.278. The number of anilines is 1. The van der Waals surface area contributed by atoms with Gasteiger partial charge in [0.25, 0.3) is 0 Å². The number of carboxylic acids is 1. The van der Waals surface area contributed by atoms with Gasteiger partial charge in [-0.15, -0.1) is 0 Å². The van der Waals surface area contributed by atoms with Crippen molar-refractivity contribution >= 4 is 27.6 Å². The van der Waals surface area contributed by atoms with E-state index in [1.807, 2.05) is 6.07 Å². The minimum absolute atomic E-state index is 0.00846. The second kappa shape index (κ2) is 5.06. The molecule has 3 nitrogen and oxygen atoms in total. The van der Waals surface area contributed by atoms with Gasteiger partial charge in [0.15, 0.2) is 0 Å². The van der Waals surface area contributed by atoms with Crippen LogP contribution in [0.2, 0.25) is 0 Å². The minimum atomic E-state index is -0.913. The number of halogens is 2. The molecule has 0 bridgehead atoms. The highest BCUT2D eigenvalue weighted by molar-refractivity contribution is 9.10. The average molecular weight is 376 g/mol. The topological polar surface area (TPSA) is 49.3 Å². The summed E-state index contributed by atoms with van der Waals surface area (Å²) in [5.74, 6) is -1.13. The zero-order chi connectivity index (χ0) is 16.2. The predicted octanol–water partition coefficient (Wildman–Crippen LogP) is 4.87. The van der Waals surface area contributed by atoms with Gasteiger partial charge in [-0.2, -0.15) is 0 Å². The van der Waals surface area contributed by atoms with E-state index in [2.05, 4.69) is 21.2 Å². The molecule has 2 N–H and O–H groups in total. The fourth-order valence-corrected chi connectivity index (χ4v) is 3.95. The van der Waals surface area contributed by atoms with Crippen molar-refractivity contribution in [3.63, 3.8) is 0 Å². The summed E-state index contributed by atoms with van der Waals surface area (Å²) in [5.41, 5.74) is 2.93. The molecule has 2 aromatic carbocycles. The van der Waals surface area contributed by atoms with Crippen LogP contribution in [0.4, 0.5) is 10.1 Å². The average Bonchev–Trinajstić information content (AvgIpc) is 3.29. The molecule has 1 aliphatic carbocycles. The van der Waals surface area contributed by atoms with Gasteiger partial charge in [-0.3, -0.25) is 0 Å². The van der Waals surface area contributed by atoms with Gasteiger partial charge in [0.05, 0.1) is 11.6 Å². The van der Waals surface area contributed by atoms with E-state index in [0.29, 0.717) is 11.1 Å². The SMILES string of the molecule is O=C(O)c1ccc2c(c1)C1(CC1)CC(c1cc(Br)ccc1F)N2.